The summed E-state index contributed by atoms with van der Waals surface area (Å²) in [5, 5.41) is 2.00. The van der Waals surface area contributed by atoms with Crippen molar-refractivity contribution < 1.29 is 9.59 Å². The Bertz CT molecular complexity index is 667. The van der Waals surface area contributed by atoms with Gasteiger partial charge in [0, 0.05) is 24.8 Å². The van der Waals surface area contributed by atoms with Gasteiger partial charge in [-0.2, -0.15) is 0 Å². The van der Waals surface area contributed by atoms with Crippen LogP contribution in [0.1, 0.15) is 47.0 Å². The van der Waals surface area contributed by atoms with Crippen LogP contribution >= 0.6 is 0 Å². The van der Waals surface area contributed by atoms with Crippen LogP contribution in [0.2, 0.25) is 0 Å². The maximum Gasteiger partial charge on any atom is 0.274 e. The van der Waals surface area contributed by atoms with Crippen molar-refractivity contribution in [3.05, 3.63) is 33.7 Å². The molecule has 2 bridgehead atoms. The van der Waals surface area contributed by atoms with Crippen LogP contribution in [0.15, 0.2) is 17.1 Å². The van der Waals surface area contributed by atoms with E-state index in [9.17, 15) is 14.4 Å². The average molecular weight is 290 g/mol. The van der Waals surface area contributed by atoms with Crippen LogP contribution in [0, 0.1) is 0 Å². The number of nitrogens with two attached hydrogens (primary N) is 1. The molecule has 0 aliphatic carbocycles. The molecule has 1 aromatic rings. The zero-order valence-corrected chi connectivity index (χ0v) is 11.9. The lowest BCUT2D eigenvalue weighted by atomic mass is 10.1. The first-order chi connectivity index (χ1) is 9.99. The number of carbonyl (C=O) groups is 2. The number of hydrogen-bond acceptors (Lipinski definition) is 4. The van der Waals surface area contributed by atoms with E-state index in [-0.39, 0.29) is 17.5 Å². The molecule has 1 atom stereocenters. The van der Waals surface area contributed by atoms with Gasteiger partial charge in [-0.15, -0.1) is 0 Å². The van der Waals surface area contributed by atoms with E-state index in [2.05, 4.69) is 6.92 Å². The zero-order valence-electron chi connectivity index (χ0n) is 11.9. The highest BCUT2D eigenvalue weighted by Crippen LogP contribution is 2.20. The molecule has 1 saturated heterocycles. The average Bonchev–Trinajstić information content (AvgIpc) is 2.42. The standard InChI is InChI=1S/C14H18N4O3/c1-9-4-2-3-5-16-8-18(9)17-7-10(13(15)20)12(19)6-11(17)14(16)21/h6-7,9H,2-5,8H2,1H3,(H2,15,20). The number of amides is 2. The van der Waals surface area contributed by atoms with Crippen LogP contribution in [-0.2, 0) is 0 Å². The maximum atomic E-state index is 12.5. The van der Waals surface area contributed by atoms with Crippen molar-refractivity contribution in [3.8, 4) is 0 Å². The Kier molecular flexibility index (Phi) is 3.19. The topological polar surface area (TPSA) is 88.6 Å². The highest BCUT2D eigenvalue weighted by atomic mass is 16.2. The summed E-state index contributed by atoms with van der Waals surface area (Å²) in [6.07, 6.45) is 4.40. The highest BCUT2D eigenvalue weighted by Gasteiger charge is 2.33. The number of nitrogens with zero attached hydrogens (tertiary/aromatic N) is 3. The summed E-state index contributed by atoms with van der Waals surface area (Å²) in [6.45, 7) is 3.23. The Morgan fingerprint density at radius 1 is 1.33 bits per heavy atom. The molecule has 1 unspecified atom stereocenters. The third-order valence-corrected chi connectivity index (χ3v) is 4.20. The summed E-state index contributed by atoms with van der Waals surface area (Å²) in [6, 6.07) is 1.43. The molecule has 3 rings (SSSR count). The summed E-state index contributed by atoms with van der Waals surface area (Å²) in [7, 11) is 0. The summed E-state index contributed by atoms with van der Waals surface area (Å²) < 4.78 is 1.62. The lowest BCUT2D eigenvalue weighted by molar-refractivity contribution is 0.0662. The maximum absolute atomic E-state index is 12.5. The van der Waals surface area contributed by atoms with E-state index in [1.807, 2.05) is 5.01 Å². The quantitative estimate of drug-likeness (QED) is 0.780. The van der Waals surface area contributed by atoms with Crippen molar-refractivity contribution in [1.29, 1.82) is 0 Å². The number of pyridine rings is 1. The first-order valence-electron chi connectivity index (χ1n) is 7.11. The van der Waals surface area contributed by atoms with Crippen LogP contribution in [0.25, 0.3) is 0 Å². The predicted molar refractivity (Wildman–Crippen MR) is 76.7 cm³/mol. The molecule has 2 aliphatic heterocycles. The minimum absolute atomic E-state index is 0.0886. The summed E-state index contributed by atoms with van der Waals surface area (Å²) >= 11 is 0. The van der Waals surface area contributed by atoms with Gasteiger partial charge in [-0.05, 0) is 26.2 Å². The molecule has 0 saturated carbocycles. The van der Waals surface area contributed by atoms with E-state index < -0.39 is 11.3 Å². The van der Waals surface area contributed by atoms with Crippen LogP contribution in [0.4, 0.5) is 0 Å². The smallest absolute Gasteiger partial charge is 0.274 e. The molecule has 21 heavy (non-hydrogen) atoms. The van der Waals surface area contributed by atoms with Gasteiger partial charge in [-0.3, -0.25) is 24.1 Å². The Morgan fingerprint density at radius 2 is 2.10 bits per heavy atom. The van der Waals surface area contributed by atoms with Gasteiger partial charge in [0.05, 0.1) is 0 Å². The monoisotopic (exact) mass is 290 g/mol. The molecule has 7 heteroatoms. The number of hydrogen-bond donors (Lipinski definition) is 1. The molecule has 0 radical (unpaired) electrons. The Labute approximate surface area is 121 Å². The predicted octanol–water partition coefficient (Wildman–Crippen LogP) is -0.129. The molecular weight excluding hydrogens is 272 g/mol. The largest absolute Gasteiger partial charge is 0.365 e. The second kappa shape index (κ2) is 4.91. The molecule has 2 N–H and O–H groups in total. The second-order valence-corrected chi connectivity index (χ2v) is 5.64. The van der Waals surface area contributed by atoms with Crippen LogP contribution < -0.4 is 16.2 Å². The SMILES string of the molecule is CC1CCCCN2CN1n1cc(C(N)=O)c(=O)cc1C2=O. The Hall–Kier alpha value is -2.31. The fraction of sp³-hybridized carbons (Fsp3) is 0.500. The fourth-order valence-corrected chi connectivity index (χ4v) is 2.97. The van der Waals surface area contributed by atoms with Gasteiger partial charge in [-0.25, -0.2) is 0 Å². The molecule has 2 aliphatic rings. The minimum atomic E-state index is -0.773. The zero-order chi connectivity index (χ0) is 15.1. The van der Waals surface area contributed by atoms with Gasteiger partial charge < -0.3 is 10.6 Å². The van der Waals surface area contributed by atoms with Crippen molar-refractivity contribution in [1.82, 2.24) is 9.58 Å². The molecule has 0 aromatic carbocycles. The normalized spacial score (nSPS) is 21.6. The summed E-state index contributed by atoms with van der Waals surface area (Å²) in [5.41, 5.74) is 4.94. The van der Waals surface area contributed by atoms with E-state index in [0.29, 0.717) is 18.9 Å². The van der Waals surface area contributed by atoms with Crippen molar-refractivity contribution in [2.45, 2.75) is 32.2 Å². The number of aromatic nitrogens is 1. The first kappa shape index (κ1) is 13.7. The molecule has 0 spiro atoms. The van der Waals surface area contributed by atoms with Gasteiger partial charge >= 0.3 is 0 Å². The van der Waals surface area contributed by atoms with Crippen molar-refractivity contribution in [3.63, 3.8) is 0 Å². The molecule has 2 amide bonds. The number of rotatable bonds is 1. The first-order valence-corrected chi connectivity index (χ1v) is 7.11. The lowest BCUT2D eigenvalue weighted by Gasteiger charge is -2.44. The highest BCUT2D eigenvalue weighted by molar-refractivity contribution is 5.96. The van der Waals surface area contributed by atoms with Gasteiger partial charge in [0.1, 0.15) is 17.9 Å². The summed E-state index contributed by atoms with van der Waals surface area (Å²) in [5.74, 6) is -0.946. The van der Waals surface area contributed by atoms with Crippen molar-refractivity contribution in [2.24, 2.45) is 5.73 Å². The molecule has 3 heterocycles. The Balaban J connectivity index is 2.18. The molecule has 1 fully saturated rings. The van der Waals surface area contributed by atoms with E-state index in [0.717, 1.165) is 19.3 Å². The van der Waals surface area contributed by atoms with Crippen molar-refractivity contribution >= 4 is 11.8 Å². The van der Waals surface area contributed by atoms with Gasteiger partial charge in [0.15, 0.2) is 5.43 Å². The summed E-state index contributed by atoms with van der Waals surface area (Å²) in [4.78, 5) is 37.5. The number of carbonyl (C=O) groups excluding carboxylic acids is 2. The lowest BCUT2D eigenvalue weighted by Crippen LogP contribution is -2.58. The minimum Gasteiger partial charge on any atom is -0.365 e. The van der Waals surface area contributed by atoms with Crippen LogP contribution in [0.5, 0.6) is 0 Å². The van der Waals surface area contributed by atoms with Gasteiger partial charge in [-0.1, -0.05) is 0 Å². The molecular formula is C14H18N4O3. The van der Waals surface area contributed by atoms with E-state index in [4.69, 9.17) is 5.73 Å². The van der Waals surface area contributed by atoms with Crippen LogP contribution in [-0.4, -0.2) is 40.6 Å². The van der Waals surface area contributed by atoms with E-state index in [1.165, 1.54) is 12.3 Å². The van der Waals surface area contributed by atoms with Gasteiger partial charge in [0.25, 0.3) is 11.8 Å². The number of fused-ring (bicyclic) bond motifs is 4. The van der Waals surface area contributed by atoms with Crippen LogP contribution in [0.3, 0.4) is 0 Å². The van der Waals surface area contributed by atoms with Crippen molar-refractivity contribution in [2.75, 3.05) is 18.2 Å². The third-order valence-electron chi connectivity index (χ3n) is 4.20. The molecule has 112 valence electrons. The van der Waals surface area contributed by atoms with E-state index >= 15 is 0 Å². The van der Waals surface area contributed by atoms with E-state index in [1.54, 1.807) is 9.58 Å². The third kappa shape index (κ3) is 2.18. The molecule has 1 aromatic heterocycles. The van der Waals surface area contributed by atoms with Gasteiger partial charge in [0.2, 0.25) is 0 Å². The number of primary amides is 1. The fourth-order valence-electron chi connectivity index (χ4n) is 2.97. The Morgan fingerprint density at radius 3 is 2.81 bits per heavy atom. The second-order valence-electron chi connectivity index (χ2n) is 5.64. The molecule has 7 nitrogen and oxygen atoms in total.